The van der Waals surface area contributed by atoms with Gasteiger partial charge >= 0.3 is 10.2 Å². The second-order valence-corrected chi connectivity index (χ2v) is 6.79. The summed E-state index contributed by atoms with van der Waals surface area (Å²) < 4.78 is 28.8. The van der Waals surface area contributed by atoms with Crippen LogP contribution in [0, 0.1) is 0 Å². The fourth-order valence-electron chi connectivity index (χ4n) is 2.44. The van der Waals surface area contributed by atoms with Crippen LogP contribution in [0.1, 0.15) is 39.2 Å². The van der Waals surface area contributed by atoms with Crippen LogP contribution in [-0.2, 0) is 21.4 Å². The second-order valence-electron chi connectivity index (χ2n) is 5.46. The van der Waals surface area contributed by atoms with Gasteiger partial charge in [-0.05, 0) is 50.0 Å². The average Bonchev–Trinajstić information content (AvgIpc) is 2.46. The topological polar surface area (TPSA) is 87.6 Å². The Hall–Kier alpha value is -2.15. The van der Waals surface area contributed by atoms with E-state index in [2.05, 4.69) is 21.4 Å². The van der Waals surface area contributed by atoms with E-state index in [4.69, 9.17) is 0 Å². The van der Waals surface area contributed by atoms with E-state index in [0.717, 1.165) is 17.7 Å². The van der Waals surface area contributed by atoms with E-state index in [9.17, 15) is 13.2 Å². The van der Waals surface area contributed by atoms with Crippen LogP contribution in [0.3, 0.4) is 0 Å². The molecule has 1 amide bonds. The molecule has 1 aromatic rings. The molecule has 1 aliphatic heterocycles. The zero-order valence-corrected chi connectivity index (χ0v) is 14.3. The van der Waals surface area contributed by atoms with Gasteiger partial charge in [0, 0.05) is 17.8 Å². The van der Waals surface area contributed by atoms with E-state index in [0.29, 0.717) is 17.8 Å². The number of nitrogens with one attached hydrogen (secondary N) is 2. The maximum atomic E-state index is 12.0. The average molecular weight is 335 g/mol. The summed E-state index contributed by atoms with van der Waals surface area (Å²) in [4.78, 5) is 12.0. The highest BCUT2D eigenvalue weighted by atomic mass is 32.2. The van der Waals surface area contributed by atoms with Crippen molar-refractivity contribution in [2.75, 3.05) is 5.32 Å². The number of benzene rings is 1. The number of amides is 1. The zero-order valence-electron chi connectivity index (χ0n) is 13.5. The molecule has 124 valence electrons. The van der Waals surface area contributed by atoms with Crippen molar-refractivity contribution in [3.63, 3.8) is 0 Å². The van der Waals surface area contributed by atoms with Crippen LogP contribution >= 0.6 is 0 Å². The molecule has 2 rings (SSSR count). The van der Waals surface area contributed by atoms with E-state index < -0.39 is 10.2 Å². The predicted octanol–water partition coefficient (Wildman–Crippen LogP) is 2.55. The van der Waals surface area contributed by atoms with Crippen molar-refractivity contribution in [1.82, 2.24) is 4.72 Å². The fraction of sp³-hybridized carbons (Fsp3) is 0.375. The lowest BCUT2D eigenvalue weighted by atomic mass is 10.0. The quantitative estimate of drug-likeness (QED) is 0.867. The molecule has 0 unspecified atom stereocenters. The Labute approximate surface area is 136 Å². The van der Waals surface area contributed by atoms with Gasteiger partial charge in [-0.15, -0.1) is 4.40 Å². The number of hydrogen-bond donors (Lipinski definition) is 2. The SMILES string of the molecule is CCc1ccc(NC(=O)CCC2=C(C)NS(=O)(=O)N=C2C)cc1. The molecule has 0 saturated carbocycles. The molecule has 1 heterocycles. The molecule has 0 aliphatic carbocycles. The minimum absolute atomic E-state index is 0.115. The predicted molar refractivity (Wildman–Crippen MR) is 91.5 cm³/mol. The molecule has 2 N–H and O–H groups in total. The summed E-state index contributed by atoms with van der Waals surface area (Å²) in [5.74, 6) is -0.115. The summed E-state index contributed by atoms with van der Waals surface area (Å²) in [5.41, 5.74) is 3.69. The van der Waals surface area contributed by atoms with Gasteiger partial charge in [-0.3, -0.25) is 9.52 Å². The summed E-state index contributed by atoms with van der Waals surface area (Å²) in [6, 6.07) is 7.72. The number of carbonyl (C=O) groups excluding carboxylic acids is 1. The lowest BCUT2D eigenvalue weighted by Crippen LogP contribution is -2.28. The molecule has 0 spiro atoms. The normalized spacial score (nSPS) is 16.6. The molecule has 0 saturated heterocycles. The number of allylic oxidation sites excluding steroid dienone is 2. The lowest BCUT2D eigenvalue weighted by molar-refractivity contribution is -0.116. The second kappa shape index (κ2) is 6.95. The first-order valence-electron chi connectivity index (χ1n) is 7.49. The molecule has 0 fully saturated rings. The van der Waals surface area contributed by atoms with Crippen molar-refractivity contribution in [3.8, 4) is 0 Å². The Morgan fingerprint density at radius 2 is 1.87 bits per heavy atom. The molecular formula is C16H21N3O3S. The molecular weight excluding hydrogens is 314 g/mol. The van der Waals surface area contributed by atoms with Crippen LogP contribution < -0.4 is 10.0 Å². The van der Waals surface area contributed by atoms with Gasteiger partial charge < -0.3 is 5.32 Å². The molecule has 0 aromatic heterocycles. The molecule has 0 radical (unpaired) electrons. The maximum absolute atomic E-state index is 12.0. The third-order valence-corrected chi connectivity index (χ3v) is 4.75. The van der Waals surface area contributed by atoms with Crippen molar-refractivity contribution in [1.29, 1.82) is 0 Å². The summed E-state index contributed by atoms with van der Waals surface area (Å²) in [6.07, 6.45) is 1.65. The molecule has 23 heavy (non-hydrogen) atoms. The first-order chi connectivity index (χ1) is 10.8. The van der Waals surface area contributed by atoms with E-state index >= 15 is 0 Å². The van der Waals surface area contributed by atoms with Gasteiger partial charge in [-0.2, -0.15) is 8.42 Å². The third kappa shape index (κ3) is 4.66. The van der Waals surface area contributed by atoms with Crippen LogP contribution in [0.2, 0.25) is 0 Å². The Morgan fingerprint density at radius 1 is 1.22 bits per heavy atom. The third-order valence-electron chi connectivity index (χ3n) is 3.68. The summed E-state index contributed by atoms with van der Waals surface area (Å²) in [6.45, 7) is 5.39. The molecule has 0 atom stereocenters. The minimum Gasteiger partial charge on any atom is -0.326 e. The molecule has 6 nitrogen and oxygen atoms in total. The van der Waals surface area contributed by atoms with E-state index in [1.54, 1.807) is 13.8 Å². The van der Waals surface area contributed by atoms with Crippen molar-refractivity contribution in [2.24, 2.45) is 4.40 Å². The Bertz CT molecular complexity index is 762. The molecule has 0 bridgehead atoms. The van der Waals surface area contributed by atoms with Crippen molar-refractivity contribution >= 4 is 27.5 Å². The lowest BCUT2D eigenvalue weighted by Gasteiger charge is -2.17. The Balaban J connectivity index is 1.95. The number of carbonyl (C=O) groups is 1. The standard InChI is InChI=1S/C16H21N3O3S/c1-4-13-5-7-14(8-6-13)17-16(20)10-9-15-11(2)18-23(21,22)19-12(15)3/h5-8,18H,4,9-10H2,1-3H3,(H,17,20). The first-order valence-corrected chi connectivity index (χ1v) is 8.93. The number of nitrogens with zero attached hydrogens (tertiary/aromatic N) is 1. The monoisotopic (exact) mass is 335 g/mol. The highest BCUT2D eigenvalue weighted by Gasteiger charge is 2.20. The van der Waals surface area contributed by atoms with Crippen molar-refractivity contribution in [2.45, 2.75) is 40.0 Å². The highest BCUT2D eigenvalue weighted by Crippen LogP contribution is 2.18. The van der Waals surface area contributed by atoms with Crippen LogP contribution in [-0.4, -0.2) is 20.0 Å². The molecule has 7 heteroatoms. The molecule has 1 aromatic carbocycles. The fourth-order valence-corrected chi connectivity index (χ4v) is 3.47. The van der Waals surface area contributed by atoms with Crippen LogP contribution in [0.15, 0.2) is 39.9 Å². The number of aryl methyl sites for hydroxylation is 1. The maximum Gasteiger partial charge on any atom is 0.342 e. The van der Waals surface area contributed by atoms with Crippen molar-refractivity contribution < 1.29 is 13.2 Å². The Kier molecular flexibility index (Phi) is 5.20. The van der Waals surface area contributed by atoms with Gasteiger partial charge in [0.05, 0.1) is 5.71 Å². The Morgan fingerprint density at radius 3 is 2.43 bits per heavy atom. The molecule has 1 aliphatic rings. The summed E-state index contributed by atoms with van der Waals surface area (Å²) >= 11 is 0. The minimum atomic E-state index is -3.63. The van der Waals surface area contributed by atoms with Gasteiger partial charge in [-0.1, -0.05) is 19.1 Å². The largest absolute Gasteiger partial charge is 0.342 e. The van der Waals surface area contributed by atoms with Crippen LogP contribution in [0.5, 0.6) is 0 Å². The van der Waals surface area contributed by atoms with Gasteiger partial charge in [0.15, 0.2) is 0 Å². The number of rotatable bonds is 5. The zero-order chi connectivity index (χ0) is 17.0. The summed E-state index contributed by atoms with van der Waals surface area (Å²) in [5, 5.41) is 2.84. The van der Waals surface area contributed by atoms with Gasteiger partial charge in [0.2, 0.25) is 5.91 Å². The van der Waals surface area contributed by atoms with Crippen molar-refractivity contribution in [3.05, 3.63) is 41.1 Å². The van der Waals surface area contributed by atoms with Gasteiger partial charge in [-0.25, -0.2) is 0 Å². The highest BCUT2D eigenvalue weighted by molar-refractivity contribution is 7.88. The van der Waals surface area contributed by atoms with Crippen LogP contribution in [0.4, 0.5) is 5.69 Å². The number of hydrogen-bond acceptors (Lipinski definition) is 3. The first kappa shape index (κ1) is 17.2. The van der Waals surface area contributed by atoms with Gasteiger partial charge in [0.25, 0.3) is 0 Å². The summed E-state index contributed by atoms with van der Waals surface area (Å²) in [7, 11) is -3.63. The van der Waals surface area contributed by atoms with Crippen LogP contribution in [0.25, 0.3) is 0 Å². The number of anilines is 1. The van der Waals surface area contributed by atoms with E-state index in [1.807, 2.05) is 24.3 Å². The van der Waals surface area contributed by atoms with E-state index in [1.165, 1.54) is 5.56 Å². The van der Waals surface area contributed by atoms with Gasteiger partial charge in [0.1, 0.15) is 0 Å². The smallest absolute Gasteiger partial charge is 0.326 e. The van der Waals surface area contributed by atoms with E-state index in [-0.39, 0.29) is 12.3 Å².